The van der Waals surface area contributed by atoms with E-state index in [1.165, 1.54) is 0 Å². The van der Waals surface area contributed by atoms with Crippen LogP contribution in [0.5, 0.6) is 0 Å². The van der Waals surface area contributed by atoms with E-state index in [1.807, 2.05) is 0 Å². The number of amides is 2. The number of carbonyl (C=O) groups is 2. The van der Waals surface area contributed by atoms with Crippen molar-refractivity contribution in [1.82, 2.24) is 20.4 Å². The number of nitrogens with zero attached hydrogens (tertiary/aromatic N) is 2. The summed E-state index contributed by atoms with van der Waals surface area (Å²) in [4.78, 5) is 27.1. The first-order valence-corrected chi connectivity index (χ1v) is 6.16. The summed E-state index contributed by atoms with van der Waals surface area (Å²) in [6.45, 7) is 6.70. The molecule has 18 heavy (non-hydrogen) atoms. The van der Waals surface area contributed by atoms with Gasteiger partial charge in [-0.2, -0.15) is 0 Å². The highest BCUT2D eigenvalue weighted by Gasteiger charge is 2.25. The molecule has 0 aromatic carbocycles. The van der Waals surface area contributed by atoms with E-state index in [-0.39, 0.29) is 30.8 Å². The van der Waals surface area contributed by atoms with Crippen molar-refractivity contribution in [2.45, 2.75) is 13.0 Å². The third-order valence-electron chi connectivity index (χ3n) is 3.37. The van der Waals surface area contributed by atoms with Crippen LogP contribution in [0.3, 0.4) is 0 Å². The van der Waals surface area contributed by atoms with Crippen LogP contribution in [-0.2, 0) is 9.59 Å². The van der Waals surface area contributed by atoms with Crippen LogP contribution >= 0.6 is 12.4 Å². The largest absolute Gasteiger partial charge is 0.353 e. The van der Waals surface area contributed by atoms with Gasteiger partial charge in [0.05, 0.1) is 13.1 Å². The van der Waals surface area contributed by atoms with Crippen LogP contribution in [0.4, 0.5) is 0 Å². The Morgan fingerprint density at radius 2 is 2.17 bits per heavy atom. The molecule has 0 saturated carbocycles. The highest BCUT2D eigenvalue weighted by atomic mass is 35.5. The van der Waals surface area contributed by atoms with Gasteiger partial charge in [-0.15, -0.1) is 12.4 Å². The Labute approximate surface area is 113 Å². The second-order valence-electron chi connectivity index (χ2n) is 4.69. The predicted octanol–water partition coefficient (Wildman–Crippen LogP) is -1.34. The number of hydrogen-bond acceptors (Lipinski definition) is 4. The maximum Gasteiger partial charge on any atom is 0.239 e. The van der Waals surface area contributed by atoms with Gasteiger partial charge in [0.2, 0.25) is 11.8 Å². The van der Waals surface area contributed by atoms with Crippen LogP contribution in [0.25, 0.3) is 0 Å². The molecule has 0 spiro atoms. The van der Waals surface area contributed by atoms with Crippen LogP contribution < -0.4 is 10.6 Å². The van der Waals surface area contributed by atoms with Gasteiger partial charge in [-0.05, 0) is 6.92 Å². The Morgan fingerprint density at radius 1 is 1.39 bits per heavy atom. The summed E-state index contributed by atoms with van der Waals surface area (Å²) in [7, 11) is 0. The van der Waals surface area contributed by atoms with Crippen molar-refractivity contribution in [1.29, 1.82) is 0 Å². The van der Waals surface area contributed by atoms with E-state index < -0.39 is 0 Å². The lowest BCUT2D eigenvalue weighted by atomic mass is 10.2. The molecule has 2 N–H and O–H groups in total. The molecule has 0 aliphatic carbocycles. The standard InChI is InChI=1S/C11H20N4O2.ClH/c1-9-6-12-2-4-14(9)8-11(17)15-5-3-13-10(16)7-15;/h9,12H,2-8H2,1H3,(H,13,16);1H/t9-;/m0./s1. The van der Waals surface area contributed by atoms with Crippen molar-refractivity contribution >= 4 is 24.2 Å². The van der Waals surface area contributed by atoms with E-state index >= 15 is 0 Å². The van der Waals surface area contributed by atoms with E-state index in [0.29, 0.717) is 25.7 Å². The smallest absolute Gasteiger partial charge is 0.239 e. The number of carbonyl (C=O) groups excluding carboxylic acids is 2. The molecule has 2 aliphatic heterocycles. The highest BCUT2D eigenvalue weighted by Crippen LogP contribution is 2.04. The molecular formula is C11H21ClN4O2. The molecule has 2 amide bonds. The fourth-order valence-electron chi connectivity index (χ4n) is 2.24. The summed E-state index contributed by atoms with van der Waals surface area (Å²) in [6, 6.07) is 0.381. The monoisotopic (exact) mass is 276 g/mol. The maximum atomic E-state index is 12.0. The van der Waals surface area contributed by atoms with Gasteiger partial charge >= 0.3 is 0 Å². The minimum atomic E-state index is -0.0574. The Balaban J connectivity index is 0.00000162. The van der Waals surface area contributed by atoms with E-state index in [4.69, 9.17) is 0 Å². The SMILES string of the molecule is C[C@H]1CNCCN1CC(=O)N1CCNC(=O)C1.Cl. The minimum absolute atomic E-state index is 0. The third kappa shape index (κ3) is 3.83. The first kappa shape index (κ1) is 15.2. The van der Waals surface area contributed by atoms with Crippen molar-refractivity contribution in [3.05, 3.63) is 0 Å². The summed E-state index contributed by atoms with van der Waals surface area (Å²) in [5.74, 6) is 0.00607. The first-order valence-electron chi connectivity index (χ1n) is 6.16. The van der Waals surface area contributed by atoms with Crippen LogP contribution in [0.15, 0.2) is 0 Å². The van der Waals surface area contributed by atoms with Crippen molar-refractivity contribution in [2.24, 2.45) is 0 Å². The zero-order valence-corrected chi connectivity index (χ0v) is 11.5. The lowest BCUT2D eigenvalue weighted by Crippen LogP contribution is -2.56. The van der Waals surface area contributed by atoms with Crippen molar-refractivity contribution in [3.63, 3.8) is 0 Å². The Hall–Kier alpha value is -0.850. The fraction of sp³-hybridized carbons (Fsp3) is 0.818. The summed E-state index contributed by atoms with van der Waals surface area (Å²) in [5.41, 5.74) is 0. The highest BCUT2D eigenvalue weighted by molar-refractivity contribution is 5.86. The van der Waals surface area contributed by atoms with Crippen molar-refractivity contribution in [2.75, 3.05) is 45.8 Å². The topological polar surface area (TPSA) is 64.7 Å². The molecule has 6 nitrogen and oxygen atoms in total. The van der Waals surface area contributed by atoms with Gasteiger partial charge in [-0.25, -0.2) is 0 Å². The van der Waals surface area contributed by atoms with Gasteiger partial charge in [0, 0.05) is 38.8 Å². The molecule has 0 radical (unpaired) electrons. The zero-order valence-electron chi connectivity index (χ0n) is 10.6. The molecule has 2 heterocycles. The van der Waals surface area contributed by atoms with Gasteiger partial charge in [0.15, 0.2) is 0 Å². The Kier molecular flexibility index (Phi) is 5.84. The second kappa shape index (κ2) is 6.92. The zero-order chi connectivity index (χ0) is 12.3. The lowest BCUT2D eigenvalue weighted by molar-refractivity contribution is -0.139. The van der Waals surface area contributed by atoms with E-state index in [9.17, 15) is 9.59 Å². The van der Waals surface area contributed by atoms with Crippen molar-refractivity contribution in [3.8, 4) is 0 Å². The van der Waals surface area contributed by atoms with E-state index in [2.05, 4.69) is 22.5 Å². The summed E-state index contributed by atoms with van der Waals surface area (Å²) >= 11 is 0. The Bertz CT molecular complexity index is 313. The molecule has 2 aliphatic rings. The molecule has 2 fully saturated rings. The number of halogens is 1. The molecule has 2 saturated heterocycles. The van der Waals surface area contributed by atoms with Gasteiger partial charge in [0.1, 0.15) is 0 Å². The van der Waals surface area contributed by atoms with Crippen LogP contribution in [0.1, 0.15) is 6.92 Å². The van der Waals surface area contributed by atoms with Crippen LogP contribution in [-0.4, -0.2) is 73.5 Å². The molecule has 104 valence electrons. The number of piperazine rings is 2. The number of rotatable bonds is 2. The molecule has 1 atom stereocenters. The maximum absolute atomic E-state index is 12.0. The normalized spacial score (nSPS) is 25.3. The summed E-state index contributed by atoms with van der Waals surface area (Å²) in [5, 5.41) is 6.02. The van der Waals surface area contributed by atoms with Gasteiger partial charge < -0.3 is 15.5 Å². The predicted molar refractivity (Wildman–Crippen MR) is 70.7 cm³/mol. The fourth-order valence-corrected chi connectivity index (χ4v) is 2.24. The van der Waals surface area contributed by atoms with Gasteiger partial charge in [-0.1, -0.05) is 0 Å². The molecule has 0 unspecified atom stereocenters. The van der Waals surface area contributed by atoms with E-state index in [0.717, 1.165) is 19.6 Å². The molecule has 0 aromatic heterocycles. The van der Waals surface area contributed by atoms with Gasteiger partial charge in [-0.3, -0.25) is 14.5 Å². The number of nitrogens with one attached hydrogen (secondary N) is 2. The van der Waals surface area contributed by atoms with Crippen molar-refractivity contribution < 1.29 is 9.59 Å². The number of hydrogen-bond donors (Lipinski definition) is 2. The van der Waals surface area contributed by atoms with Gasteiger partial charge in [0.25, 0.3) is 0 Å². The second-order valence-corrected chi connectivity index (χ2v) is 4.69. The van der Waals surface area contributed by atoms with Crippen LogP contribution in [0, 0.1) is 0 Å². The lowest BCUT2D eigenvalue weighted by Gasteiger charge is -2.35. The third-order valence-corrected chi connectivity index (χ3v) is 3.37. The molecule has 0 bridgehead atoms. The molecule has 7 heteroatoms. The summed E-state index contributed by atoms with van der Waals surface area (Å²) < 4.78 is 0. The quantitative estimate of drug-likeness (QED) is 0.655. The average molecular weight is 277 g/mol. The molecule has 2 rings (SSSR count). The minimum Gasteiger partial charge on any atom is -0.353 e. The molecule has 0 aromatic rings. The Morgan fingerprint density at radius 3 is 2.83 bits per heavy atom. The first-order chi connectivity index (χ1) is 8.16. The average Bonchev–Trinajstić information content (AvgIpc) is 2.32. The van der Waals surface area contributed by atoms with Crippen LogP contribution in [0.2, 0.25) is 0 Å². The summed E-state index contributed by atoms with van der Waals surface area (Å²) in [6.07, 6.45) is 0. The van der Waals surface area contributed by atoms with E-state index in [1.54, 1.807) is 4.90 Å². The molecular weight excluding hydrogens is 256 g/mol.